The van der Waals surface area contributed by atoms with Crippen molar-refractivity contribution in [2.24, 2.45) is 0 Å². The van der Waals surface area contributed by atoms with Gasteiger partial charge in [0.1, 0.15) is 0 Å². The summed E-state index contributed by atoms with van der Waals surface area (Å²) in [6.07, 6.45) is -4.38. The van der Waals surface area contributed by atoms with Gasteiger partial charge in [-0.2, -0.15) is 13.2 Å². The minimum Gasteiger partial charge on any atom is -0.288 e. The number of hydrogen-bond donors (Lipinski definition) is 0. The predicted octanol–water partition coefficient (Wildman–Crippen LogP) is 4.76. The van der Waals surface area contributed by atoms with Gasteiger partial charge in [0, 0.05) is 5.56 Å². The lowest BCUT2D eigenvalue weighted by Gasteiger charge is -2.06. The standard InChI is InChI=1S/C12H6BrF3OS/c13-10-6-5-9(18-10)11(17)7-1-3-8(4-2-7)12(14,15)16/h1-6H. The van der Waals surface area contributed by atoms with Crippen molar-refractivity contribution in [3.8, 4) is 0 Å². The number of halogens is 4. The molecule has 0 radical (unpaired) electrons. The molecule has 1 nitrogen and oxygen atoms in total. The first kappa shape index (κ1) is 13.3. The van der Waals surface area contributed by atoms with E-state index in [0.717, 1.165) is 15.9 Å². The smallest absolute Gasteiger partial charge is 0.288 e. The van der Waals surface area contributed by atoms with Crippen molar-refractivity contribution in [2.45, 2.75) is 6.18 Å². The van der Waals surface area contributed by atoms with E-state index in [1.54, 1.807) is 12.1 Å². The van der Waals surface area contributed by atoms with Gasteiger partial charge in [-0.05, 0) is 40.2 Å². The topological polar surface area (TPSA) is 17.1 Å². The van der Waals surface area contributed by atoms with E-state index in [9.17, 15) is 18.0 Å². The molecule has 1 aromatic heterocycles. The molecule has 6 heteroatoms. The third-order valence-electron chi connectivity index (χ3n) is 2.27. The van der Waals surface area contributed by atoms with Crippen molar-refractivity contribution in [1.29, 1.82) is 0 Å². The van der Waals surface area contributed by atoms with Crippen LogP contribution in [0, 0.1) is 0 Å². The molecule has 0 unspecified atom stereocenters. The second-order valence-corrected chi connectivity index (χ2v) is 5.97. The Kier molecular flexibility index (Phi) is 3.59. The molecule has 1 aromatic carbocycles. The molecule has 0 aliphatic rings. The second kappa shape index (κ2) is 4.85. The Bertz CT molecular complexity index is 572. The van der Waals surface area contributed by atoms with Crippen LogP contribution < -0.4 is 0 Å². The number of thiophene rings is 1. The lowest BCUT2D eigenvalue weighted by molar-refractivity contribution is -0.137. The Morgan fingerprint density at radius 2 is 1.67 bits per heavy atom. The van der Waals surface area contributed by atoms with Crippen molar-refractivity contribution in [3.63, 3.8) is 0 Å². The summed E-state index contributed by atoms with van der Waals surface area (Å²) < 4.78 is 37.9. The fraction of sp³-hybridized carbons (Fsp3) is 0.0833. The molecule has 0 spiro atoms. The Hall–Kier alpha value is -1.14. The lowest BCUT2D eigenvalue weighted by atomic mass is 10.1. The SMILES string of the molecule is O=C(c1ccc(C(F)(F)F)cc1)c1ccc(Br)s1. The molecule has 0 fully saturated rings. The second-order valence-electron chi connectivity index (χ2n) is 3.51. The quantitative estimate of drug-likeness (QED) is 0.723. The fourth-order valence-electron chi connectivity index (χ4n) is 1.39. The van der Waals surface area contributed by atoms with Crippen LogP contribution in [0.3, 0.4) is 0 Å². The lowest BCUT2D eigenvalue weighted by Crippen LogP contribution is -2.06. The first-order chi connectivity index (χ1) is 8.38. The van der Waals surface area contributed by atoms with Gasteiger partial charge in [0.05, 0.1) is 14.2 Å². The molecule has 0 amide bonds. The van der Waals surface area contributed by atoms with Gasteiger partial charge < -0.3 is 0 Å². The third-order valence-corrected chi connectivity index (χ3v) is 3.89. The van der Waals surface area contributed by atoms with Gasteiger partial charge >= 0.3 is 6.18 Å². The molecular formula is C12H6BrF3OS. The highest BCUT2D eigenvalue weighted by Gasteiger charge is 2.30. The van der Waals surface area contributed by atoms with Crippen LogP contribution in [-0.2, 0) is 6.18 Å². The van der Waals surface area contributed by atoms with Gasteiger partial charge in [-0.15, -0.1) is 11.3 Å². The summed E-state index contributed by atoms with van der Waals surface area (Å²) in [6.45, 7) is 0. The summed E-state index contributed by atoms with van der Waals surface area (Å²) in [5, 5.41) is 0. The molecule has 18 heavy (non-hydrogen) atoms. The van der Waals surface area contributed by atoms with E-state index >= 15 is 0 Å². The van der Waals surface area contributed by atoms with Gasteiger partial charge in [-0.25, -0.2) is 0 Å². The van der Waals surface area contributed by atoms with E-state index < -0.39 is 11.7 Å². The number of hydrogen-bond acceptors (Lipinski definition) is 2. The minimum atomic E-state index is -4.38. The van der Waals surface area contributed by atoms with E-state index in [2.05, 4.69) is 15.9 Å². The molecule has 0 N–H and O–H groups in total. The number of benzene rings is 1. The molecule has 0 bridgehead atoms. The maximum Gasteiger partial charge on any atom is 0.416 e. The largest absolute Gasteiger partial charge is 0.416 e. The zero-order valence-corrected chi connectivity index (χ0v) is 11.2. The van der Waals surface area contributed by atoms with Crippen molar-refractivity contribution < 1.29 is 18.0 Å². The first-order valence-electron chi connectivity index (χ1n) is 4.85. The summed E-state index contributed by atoms with van der Waals surface area (Å²) in [7, 11) is 0. The zero-order valence-electron chi connectivity index (χ0n) is 8.79. The van der Waals surface area contributed by atoms with Gasteiger partial charge in [-0.1, -0.05) is 12.1 Å². The van der Waals surface area contributed by atoms with Gasteiger partial charge in [0.25, 0.3) is 0 Å². The number of ketones is 1. The first-order valence-corrected chi connectivity index (χ1v) is 6.46. The summed E-state index contributed by atoms with van der Waals surface area (Å²) in [5.41, 5.74) is -0.510. The molecule has 1 heterocycles. The van der Waals surface area contributed by atoms with Crippen molar-refractivity contribution in [2.75, 3.05) is 0 Å². The van der Waals surface area contributed by atoms with E-state index in [0.29, 0.717) is 4.88 Å². The number of alkyl halides is 3. The fourth-order valence-corrected chi connectivity index (χ4v) is 2.74. The summed E-state index contributed by atoms with van der Waals surface area (Å²) in [6, 6.07) is 7.57. The van der Waals surface area contributed by atoms with Crippen LogP contribution in [0.4, 0.5) is 13.2 Å². The molecule has 94 valence electrons. The monoisotopic (exact) mass is 334 g/mol. The van der Waals surface area contributed by atoms with E-state index in [4.69, 9.17) is 0 Å². The molecule has 0 atom stereocenters. The number of carbonyl (C=O) groups excluding carboxylic acids is 1. The normalized spacial score (nSPS) is 11.6. The number of carbonyl (C=O) groups is 1. The Morgan fingerprint density at radius 3 is 2.11 bits per heavy atom. The van der Waals surface area contributed by atoms with Crippen LogP contribution in [0.5, 0.6) is 0 Å². The Labute approximate surface area is 113 Å². The van der Waals surface area contributed by atoms with Crippen molar-refractivity contribution in [3.05, 3.63) is 56.2 Å². The highest BCUT2D eigenvalue weighted by Crippen LogP contribution is 2.30. The van der Waals surface area contributed by atoms with E-state index in [1.165, 1.54) is 23.5 Å². The number of rotatable bonds is 2. The maximum atomic E-state index is 12.4. The Balaban J connectivity index is 2.28. The van der Waals surface area contributed by atoms with Crippen LogP contribution in [-0.4, -0.2) is 5.78 Å². The van der Waals surface area contributed by atoms with Crippen LogP contribution in [0.25, 0.3) is 0 Å². The van der Waals surface area contributed by atoms with Gasteiger partial charge in [0.15, 0.2) is 0 Å². The van der Waals surface area contributed by atoms with Gasteiger partial charge in [-0.3, -0.25) is 4.79 Å². The summed E-state index contributed by atoms with van der Waals surface area (Å²) in [4.78, 5) is 12.4. The minimum absolute atomic E-state index is 0.248. The van der Waals surface area contributed by atoms with Crippen molar-refractivity contribution >= 4 is 33.0 Å². The van der Waals surface area contributed by atoms with Crippen LogP contribution in [0.1, 0.15) is 20.8 Å². The molecular weight excluding hydrogens is 329 g/mol. The molecule has 2 aromatic rings. The van der Waals surface area contributed by atoms with E-state index in [1.807, 2.05) is 0 Å². The summed E-state index contributed by atoms with van der Waals surface area (Å²) in [5.74, 6) is -0.278. The zero-order chi connectivity index (χ0) is 13.3. The highest BCUT2D eigenvalue weighted by molar-refractivity contribution is 9.11. The van der Waals surface area contributed by atoms with Crippen LogP contribution in [0.15, 0.2) is 40.2 Å². The molecule has 0 saturated heterocycles. The van der Waals surface area contributed by atoms with Crippen molar-refractivity contribution in [1.82, 2.24) is 0 Å². The molecule has 2 rings (SSSR count). The average molecular weight is 335 g/mol. The predicted molar refractivity (Wildman–Crippen MR) is 66.9 cm³/mol. The van der Waals surface area contributed by atoms with Crippen LogP contribution in [0.2, 0.25) is 0 Å². The third kappa shape index (κ3) is 2.81. The van der Waals surface area contributed by atoms with E-state index in [-0.39, 0.29) is 11.3 Å². The Morgan fingerprint density at radius 1 is 1.06 bits per heavy atom. The maximum absolute atomic E-state index is 12.4. The molecule has 0 aliphatic heterocycles. The van der Waals surface area contributed by atoms with Gasteiger partial charge in [0.2, 0.25) is 5.78 Å². The molecule has 0 saturated carbocycles. The molecule has 0 aliphatic carbocycles. The van der Waals surface area contributed by atoms with Crippen LogP contribution >= 0.6 is 27.3 Å². The average Bonchev–Trinajstić information content (AvgIpc) is 2.74. The summed E-state index contributed by atoms with van der Waals surface area (Å²) >= 11 is 4.47. The highest BCUT2D eigenvalue weighted by atomic mass is 79.9.